The lowest BCUT2D eigenvalue weighted by molar-refractivity contribution is -0.326. The summed E-state index contributed by atoms with van der Waals surface area (Å²) in [6.45, 7) is 2.78. The number of nitrogens with one attached hydrogen (secondary N) is 2. The van der Waals surface area contributed by atoms with Gasteiger partial charge in [0.15, 0.2) is 11.5 Å². The molecule has 0 spiro atoms. The van der Waals surface area contributed by atoms with Crippen LogP contribution in [0.15, 0.2) is 52.9 Å². The summed E-state index contributed by atoms with van der Waals surface area (Å²) in [4.78, 5) is 18.5. The van der Waals surface area contributed by atoms with E-state index in [1.54, 1.807) is 19.2 Å². The molecule has 2 atom stereocenters. The van der Waals surface area contributed by atoms with Crippen LogP contribution < -0.4 is 10.6 Å². The van der Waals surface area contributed by atoms with Gasteiger partial charge in [-0.25, -0.2) is 4.99 Å². The van der Waals surface area contributed by atoms with Crippen LogP contribution in [0.25, 0.3) is 0 Å². The van der Waals surface area contributed by atoms with Crippen LogP contribution in [-0.4, -0.2) is 48.7 Å². The van der Waals surface area contributed by atoms with Crippen molar-refractivity contribution in [2.24, 2.45) is 4.99 Å². The summed E-state index contributed by atoms with van der Waals surface area (Å²) in [5.41, 5.74) is 1.44. The highest BCUT2D eigenvalue weighted by Gasteiger charge is 2.48. The number of rotatable bonds is 3. The molecule has 1 fully saturated rings. The Morgan fingerprint density at radius 2 is 1.93 bits per heavy atom. The molecular formula is C18H18F2N4O3. The maximum Gasteiger partial charge on any atom is 0.586 e. The quantitative estimate of drug-likeness (QED) is 0.847. The summed E-state index contributed by atoms with van der Waals surface area (Å²) >= 11 is 0. The monoisotopic (exact) mass is 376 g/mol. The zero-order valence-electron chi connectivity index (χ0n) is 14.7. The van der Waals surface area contributed by atoms with E-state index in [9.17, 15) is 13.6 Å². The van der Waals surface area contributed by atoms with Crippen LogP contribution >= 0.6 is 0 Å². The minimum atomic E-state index is -3.66. The standard InChI is InChI=1S/C18H18F2N4O3/c1-3-21-11-6-4-10(5-7-11)16(25)24(2)17-22-12-8-14-15(9-13(12)23-17)27-18(19,20)26-14/h4-9,12-13,21H,3H2,1-2H3,(H,22,23). The third-order valence-corrected chi connectivity index (χ3v) is 4.42. The molecule has 4 rings (SSSR count). The lowest BCUT2D eigenvalue weighted by Gasteiger charge is -2.19. The Labute approximate surface area is 154 Å². The molecule has 7 nitrogen and oxygen atoms in total. The van der Waals surface area contributed by atoms with Crippen molar-refractivity contribution in [1.29, 1.82) is 0 Å². The molecule has 2 N–H and O–H groups in total. The Balaban J connectivity index is 1.49. The number of guanidine groups is 1. The third-order valence-electron chi connectivity index (χ3n) is 4.42. The van der Waals surface area contributed by atoms with E-state index in [1.807, 2.05) is 19.1 Å². The molecule has 142 valence electrons. The topological polar surface area (TPSA) is 75.2 Å². The normalized spacial score (nSPS) is 24.2. The van der Waals surface area contributed by atoms with Crippen molar-refractivity contribution in [3.8, 4) is 0 Å². The number of amides is 1. The number of hydrogen-bond donors (Lipinski definition) is 2. The number of fused-ring (bicyclic) bond motifs is 2. The molecule has 1 aliphatic carbocycles. The Hall–Kier alpha value is -3.10. The van der Waals surface area contributed by atoms with E-state index in [0.29, 0.717) is 11.5 Å². The van der Waals surface area contributed by atoms with E-state index in [4.69, 9.17) is 0 Å². The predicted molar refractivity (Wildman–Crippen MR) is 94.1 cm³/mol. The first-order valence-electron chi connectivity index (χ1n) is 8.52. The molecule has 2 aliphatic heterocycles. The van der Waals surface area contributed by atoms with E-state index < -0.39 is 12.3 Å². The van der Waals surface area contributed by atoms with Gasteiger partial charge in [-0.15, -0.1) is 8.78 Å². The number of halogens is 2. The van der Waals surface area contributed by atoms with Crippen LogP contribution in [0.2, 0.25) is 0 Å². The summed E-state index contributed by atoms with van der Waals surface area (Å²) in [7, 11) is 1.60. The van der Waals surface area contributed by atoms with Gasteiger partial charge in [0.25, 0.3) is 5.91 Å². The minimum absolute atomic E-state index is 0.0295. The zero-order chi connectivity index (χ0) is 19.2. The van der Waals surface area contributed by atoms with Crippen molar-refractivity contribution >= 4 is 17.6 Å². The Bertz CT molecular complexity index is 864. The number of anilines is 1. The molecule has 9 heteroatoms. The molecule has 3 aliphatic rings. The summed E-state index contributed by atoms with van der Waals surface area (Å²) in [6.07, 6.45) is -0.709. The molecule has 1 aromatic rings. The first-order chi connectivity index (χ1) is 12.9. The number of carbonyl (C=O) groups excluding carboxylic acids is 1. The molecule has 1 amide bonds. The van der Waals surface area contributed by atoms with Gasteiger partial charge in [-0.05, 0) is 43.3 Å². The number of aliphatic imine (C=N–C) groups is 1. The fourth-order valence-electron chi connectivity index (χ4n) is 3.11. The summed E-state index contributed by atoms with van der Waals surface area (Å²) < 4.78 is 35.2. The Morgan fingerprint density at radius 1 is 1.26 bits per heavy atom. The lowest BCUT2D eigenvalue weighted by atomic mass is 10.0. The van der Waals surface area contributed by atoms with Crippen LogP contribution in [0, 0.1) is 0 Å². The molecule has 1 aromatic carbocycles. The summed E-state index contributed by atoms with van der Waals surface area (Å²) in [5.74, 6) is 0.0490. The van der Waals surface area contributed by atoms with Crippen molar-refractivity contribution in [2.75, 3.05) is 18.9 Å². The number of alkyl halides is 2. The second-order valence-electron chi connectivity index (χ2n) is 6.31. The molecule has 0 aromatic heterocycles. The van der Waals surface area contributed by atoms with Crippen LogP contribution in [0.3, 0.4) is 0 Å². The summed E-state index contributed by atoms with van der Waals surface area (Å²) in [5, 5.41) is 6.22. The first kappa shape index (κ1) is 17.3. The van der Waals surface area contributed by atoms with Gasteiger partial charge in [0.2, 0.25) is 5.96 Å². The maximum absolute atomic E-state index is 13.2. The first-order valence-corrected chi connectivity index (χ1v) is 8.52. The van der Waals surface area contributed by atoms with Gasteiger partial charge in [0, 0.05) is 24.8 Å². The van der Waals surface area contributed by atoms with E-state index in [-0.39, 0.29) is 23.5 Å². The molecular weight excluding hydrogens is 358 g/mol. The van der Waals surface area contributed by atoms with Crippen molar-refractivity contribution in [3.05, 3.63) is 53.5 Å². The fourth-order valence-corrected chi connectivity index (χ4v) is 3.11. The molecule has 0 saturated carbocycles. The fraction of sp³-hybridized carbons (Fsp3) is 0.333. The third kappa shape index (κ3) is 3.20. The highest BCUT2D eigenvalue weighted by Crippen LogP contribution is 2.40. The molecule has 1 saturated heterocycles. The van der Waals surface area contributed by atoms with Crippen LogP contribution in [0.4, 0.5) is 14.5 Å². The van der Waals surface area contributed by atoms with Crippen LogP contribution in [0.5, 0.6) is 0 Å². The van der Waals surface area contributed by atoms with Gasteiger partial charge >= 0.3 is 6.29 Å². The largest absolute Gasteiger partial charge is 0.586 e. The second kappa shape index (κ2) is 6.26. The molecule has 2 unspecified atom stereocenters. The average molecular weight is 376 g/mol. The highest BCUT2D eigenvalue weighted by molar-refractivity contribution is 6.06. The molecule has 2 heterocycles. The van der Waals surface area contributed by atoms with Gasteiger partial charge in [-0.2, -0.15) is 0 Å². The Morgan fingerprint density at radius 3 is 2.59 bits per heavy atom. The smallest absolute Gasteiger partial charge is 0.396 e. The van der Waals surface area contributed by atoms with Crippen molar-refractivity contribution < 1.29 is 23.0 Å². The van der Waals surface area contributed by atoms with Gasteiger partial charge < -0.3 is 20.1 Å². The molecule has 0 radical (unpaired) electrons. The van der Waals surface area contributed by atoms with Gasteiger partial charge in [-0.1, -0.05) is 0 Å². The lowest BCUT2D eigenvalue weighted by Crippen LogP contribution is -2.43. The number of ether oxygens (including phenoxy) is 2. The maximum atomic E-state index is 13.2. The zero-order valence-corrected chi connectivity index (χ0v) is 14.7. The van der Waals surface area contributed by atoms with E-state index in [0.717, 1.165) is 12.2 Å². The van der Waals surface area contributed by atoms with E-state index >= 15 is 0 Å². The van der Waals surface area contributed by atoms with Crippen LogP contribution in [-0.2, 0) is 9.47 Å². The predicted octanol–water partition coefficient (Wildman–Crippen LogP) is 2.27. The van der Waals surface area contributed by atoms with Crippen LogP contribution in [0.1, 0.15) is 17.3 Å². The van der Waals surface area contributed by atoms with E-state index in [1.165, 1.54) is 17.1 Å². The second-order valence-corrected chi connectivity index (χ2v) is 6.31. The average Bonchev–Trinajstić information content (AvgIpc) is 3.17. The van der Waals surface area contributed by atoms with Crippen molar-refractivity contribution in [2.45, 2.75) is 25.3 Å². The molecule has 27 heavy (non-hydrogen) atoms. The van der Waals surface area contributed by atoms with E-state index in [2.05, 4.69) is 25.1 Å². The Kier molecular flexibility index (Phi) is 4.01. The van der Waals surface area contributed by atoms with Gasteiger partial charge in [0.05, 0.1) is 12.1 Å². The van der Waals surface area contributed by atoms with Gasteiger partial charge in [0.1, 0.15) is 0 Å². The number of carbonyl (C=O) groups is 1. The number of hydrogen-bond acceptors (Lipinski definition) is 6. The van der Waals surface area contributed by atoms with Gasteiger partial charge in [-0.3, -0.25) is 9.69 Å². The van der Waals surface area contributed by atoms with Crippen molar-refractivity contribution in [3.63, 3.8) is 0 Å². The minimum Gasteiger partial charge on any atom is -0.396 e. The highest BCUT2D eigenvalue weighted by atomic mass is 19.3. The summed E-state index contributed by atoms with van der Waals surface area (Å²) in [6, 6.07) is 6.29. The SMILES string of the molecule is CCNc1ccc(C(=O)N(C)C2=NC3C=C4OC(F)(F)OC4=CC3N2)cc1. The van der Waals surface area contributed by atoms with Crippen molar-refractivity contribution in [1.82, 2.24) is 10.2 Å². The number of benzene rings is 1. The number of nitrogens with zero attached hydrogens (tertiary/aromatic N) is 2. The molecule has 0 bridgehead atoms.